The Labute approximate surface area is 162 Å². The highest BCUT2D eigenvalue weighted by Crippen LogP contribution is 2.06. The molecule has 2 aromatic rings. The minimum absolute atomic E-state index is 0.0587. The van der Waals surface area contributed by atoms with Gasteiger partial charge in [0.05, 0.1) is 10.9 Å². The van der Waals surface area contributed by atoms with Crippen LogP contribution in [0, 0.1) is 0 Å². The van der Waals surface area contributed by atoms with Crippen molar-refractivity contribution in [1.82, 2.24) is 25.1 Å². The molecule has 1 aromatic carbocycles. The number of hydrogen-bond donors (Lipinski definition) is 2. The molecule has 0 bridgehead atoms. The van der Waals surface area contributed by atoms with Crippen LogP contribution in [0.4, 0.5) is 4.79 Å². The van der Waals surface area contributed by atoms with Gasteiger partial charge >= 0.3 is 6.03 Å². The second-order valence-corrected chi connectivity index (χ2v) is 6.67. The third-order valence-corrected chi connectivity index (χ3v) is 4.70. The fourth-order valence-electron chi connectivity index (χ4n) is 3.24. The Kier molecular flexibility index (Phi) is 6.59. The van der Waals surface area contributed by atoms with Gasteiger partial charge in [-0.3, -0.25) is 9.59 Å². The number of ether oxygens (including phenoxy) is 1. The number of benzene rings is 1. The summed E-state index contributed by atoms with van der Waals surface area (Å²) in [6, 6.07) is 6.97. The average molecular weight is 387 g/mol. The molecule has 0 atom stereocenters. The Bertz CT molecular complexity index is 897. The van der Waals surface area contributed by atoms with Crippen molar-refractivity contribution in [2.75, 3.05) is 46.4 Å². The summed E-state index contributed by atoms with van der Waals surface area (Å²) >= 11 is 0. The molecule has 9 nitrogen and oxygen atoms in total. The largest absolute Gasteiger partial charge is 0.375 e. The van der Waals surface area contributed by atoms with Crippen molar-refractivity contribution in [2.24, 2.45) is 0 Å². The van der Waals surface area contributed by atoms with E-state index in [1.54, 1.807) is 28.0 Å². The summed E-state index contributed by atoms with van der Waals surface area (Å²) in [6.45, 7) is 2.61. The zero-order valence-electron chi connectivity index (χ0n) is 15.9. The van der Waals surface area contributed by atoms with E-state index in [4.69, 9.17) is 4.74 Å². The zero-order chi connectivity index (χ0) is 19.9. The Hall–Kier alpha value is -2.94. The topological polar surface area (TPSA) is 108 Å². The van der Waals surface area contributed by atoms with Crippen LogP contribution in [0.25, 0.3) is 10.9 Å². The van der Waals surface area contributed by atoms with Crippen molar-refractivity contribution in [3.8, 4) is 0 Å². The third kappa shape index (κ3) is 4.86. The van der Waals surface area contributed by atoms with E-state index in [0.29, 0.717) is 55.9 Å². The second-order valence-electron chi connectivity index (χ2n) is 6.67. The van der Waals surface area contributed by atoms with Gasteiger partial charge in [0.25, 0.3) is 5.56 Å². The van der Waals surface area contributed by atoms with Crippen molar-refractivity contribution in [1.29, 1.82) is 0 Å². The number of amides is 3. The minimum Gasteiger partial charge on any atom is -0.375 e. The third-order valence-electron chi connectivity index (χ3n) is 4.70. The Morgan fingerprint density at radius 2 is 1.93 bits per heavy atom. The minimum atomic E-state index is -0.180. The van der Waals surface area contributed by atoms with Gasteiger partial charge in [-0.1, -0.05) is 12.1 Å². The van der Waals surface area contributed by atoms with Crippen LogP contribution >= 0.6 is 0 Å². The standard InChI is InChI=1S/C19H25N5O4/c1-28-13-17(25)23-9-4-10-24(12-11-23)19(27)20-8-7-16-21-15-6-3-2-5-14(15)18(26)22-16/h2-3,5-6H,4,7-13H2,1H3,(H,20,27)(H,21,22,26). The highest BCUT2D eigenvalue weighted by molar-refractivity contribution is 5.78. The van der Waals surface area contributed by atoms with E-state index in [1.165, 1.54) is 7.11 Å². The van der Waals surface area contributed by atoms with Crippen LogP contribution in [-0.4, -0.2) is 78.1 Å². The van der Waals surface area contributed by atoms with E-state index in [9.17, 15) is 14.4 Å². The first kappa shape index (κ1) is 19.8. The fourth-order valence-corrected chi connectivity index (χ4v) is 3.24. The first-order chi connectivity index (χ1) is 13.6. The number of methoxy groups -OCH3 is 1. The monoisotopic (exact) mass is 387 g/mol. The van der Waals surface area contributed by atoms with E-state index in [0.717, 1.165) is 6.42 Å². The Balaban J connectivity index is 1.50. The maximum absolute atomic E-state index is 12.4. The molecule has 2 N–H and O–H groups in total. The van der Waals surface area contributed by atoms with E-state index < -0.39 is 0 Å². The smallest absolute Gasteiger partial charge is 0.317 e. The van der Waals surface area contributed by atoms with Crippen LogP contribution in [0.3, 0.4) is 0 Å². The summed E-state index contributed by atoms with van der Waals surface area (Å²) in [4.78, 5) is 47.0. The van der Waals surface area contributed by atoms with Crippen LogP contribution in [0.15, 0.2) is 29.1 Å². The number of hydrogen-bond acceptors (Lipinski definition) is 5. The number of urea groups is 1. The van der Waals surface area contributed by atoms with Crippen molar-refractivity contribution >= 4 is 22.8 Å². The SMILES string of the molecule is COCC(=O)N1CCCN(C(=O)NCCc2nc3ccccc3c(=O)[nH]2)CC1. The van der Waals surface area contributed by atoms with Gasteiger partial charge < -0.3 is 24.8 Å². The number of H-pyrrole nitrogens is 1. The van der Waals surface area contributed by atoms with Crippen LogP contribution < -0.4 is 10.9 Å². The maximum atomic E-state index is 12.4. The highest BCUT2D eigenvalue weighted by Gasteiger charge is 2.21. The molecule has 3 rings (SSSR count). The van der Waals surface area contributed by atoms with Crippen LogP contribution in [0.5, 0.6) is 0 Å². The van der Waals surface area contributed by atoms with Gasteiger partial charge in [0.2, 0.25) is 5.91 Å². The van der Waals surface area contributed by atoms with Crippen LogP contribution in [0.1, 0.15) is 12.2 Å². The molecule has 0 radical (unpaired) electrons. The van der Waals surface area contributed by atoms with E-state index in [1.807, 2.05) is 6.07 Å². The number of para-hydroxylation sites is 1. The van der Waals surface area contributed by atoms with Gasteiger partial charge in [0.15, 0.2) is 0 Å². The predicted molar refractivity (Wildman–Crippen MR) is 104 cm³/mol. The summed E-state index contributed by atoms with van der Waals surface area (Å²) in [5.74, 6) is 0.479. The molecule has 0 aliphatic carbocycles. The number of carbonyl (C=O) groups excluding carboxylic acids is 2. The molecule has 0 saturated carbocycles. The Morgan fingerprint density at radius 3 is 2.75 bits per heavy atom. The first-order valence-electron chi connectivity index (χ1n) is 9.36. The molecule has 150 valence electrons. The zero-order valence-corrected chi connectivity index (χ0v) is 15.9. The summed E-state index contributed by atoms with van der Waals surface area (Å²) in [6.07, 6.45) is 1.15. The number of carbonyl (C=O) groups is 2. The molecule has 28 heavy (non-hydrogen) atoms. The molecule has 1 aliphatic rings. The number of aromatic nitrogens is 2. The van der Waals surface area contributed by atoms with Crippen LogP contribution in [-0.2, 0) is 16.0 Å². The van der Waals surface area contributed by atoms with Gasteiger partial charge in [-0.25, -0.2) is 9.78 Å². The molecule has 1 fully saturated rings. The predicted octanol–water partition coefficient (Wildman–Crippen LogP) is 0.356. The van der Waals surface area contributed by atoms with Gasteiger partial charge in [0.1, 0.15) is 12.4 Å². The number of nitrogens with one attached hydrogen (secondary N) is 2. The Morgan fingerprint density at radius 1 is 1.18 bits per heavy atom. The molecule has 1 aromatic heterocycles. The van der Waals surface area contributed by atoms with Crippen LogP contribution in [0.2, 0.25) is 0 Å². The lowest BCUT2D eigenvalue weighted by Crippen LogP contribution is -2.43. The van der Waals surface area contributed by atoms with E-state index in [-0.39, 0.29) is 24.1 Å². The number of rotatable bonds is 5. The van der Waals surface area contributed by atoms with Crippen molar-refractivity contribution in [3.63, 3.8) is 0 Å². The number of nitrogens with zero attached hydrogens (tertiary/aromatic N) is 3. The quantitative estimate of drug-likeness (QED) is 0.770. The summed E-state index contributed by atoms with van der Waals surface area (Å²) in [5.41, 5.74) is 0.459. The summed E-state index contributed by atoms with van der Waals surface area (Å²) < 4.78 is 4.89. The van der Waals surface area contributed by atoms with Crippen molar-refractivity contribution in [2.45, 2.75) is 12.8 Å². The van der Waals surface area contributed by atoms with E-state index in [2.05, 4.69) is 15.3 Å². The average Bonchev–Trinajstić information content (AvgIpc) is 2.94. The van der Waals surface area contributed by atoms with Gasteiger partial charge in [0, 0.05) is 46.3 Å². The summed E-state index contributed by atoms with van der Waals surface area (Å²) in [7, 11) is 1.49. The lowest BCUT2D eigenvalue weighted by atomic mass is 10.2. The molecular weight excluding hydrogens is 362 g/mol. The maximum Gasteiger partial charge on any atom is 0.317 e. The molecule has 2 heterocycles. The molecule has 0 spiro atoms. The second kappa shape index (κ2) is 9.32. The molecule has 9 heteroatoms. The molecule has 0 unspecified atom stereocenters. The van der Waals surface area contributed by atoms with Gasteiger partial charge in [-0.15, -0.1) is 0 Å². The van der Waals surface area contributed by atoms with E-state index >= 15 is 0 Å². The van der Waals surface area contributed by atoms with Crippen molar-refractivity contribution in [3.05, 3.63) is 40.4 Å². The summed E-state index contributed by atoms with van der Waals surface area (Å²) in [5, 5.41) is 3.41. The number of aromatic amines is 1. The molecular formula is C19H25N5O4. The fraction of sp³-hybridized carbons (Fsp3) is 0.474. The molecule has 1 aliphatic heterocycles. The molecule has 3 amide bonds. The van der Waals surface area contributed by atoms with Crippen molar-refractivity contribution < 1.29 is 14.3 Å². The highest BCUT2D eigenvalue weighted by atomic mass is 16.5. The normalized spacial score (nSPS) is 14.8. The lowest BCUT2D eigenvalue weighted by molar-refractivity contribution is -0.135. The van der Waals surface area contributed by atoms with Gasteiger partial charge in [-0.2, -0.15) is 0 Å². The molecule has 1 saturated heterocycles. The van der Waals surface area contributed by atoms with Gasteiger partial charge in [-0.05, 0) is 18.6 Å². The first-order valence-corrected chi connectivity index (χ1v) is 9.36. The number of fused-ring (bicyclic) bond motifs is 1. The lowest BCUT2D eigenvalue weighted by Gasteiger charge is -2.22.